The minimum absolute atomic E-state index is 0. The van der Waals surface area contributed by atoms with Gasteiger partial charge in [0.05, 0.1) is 0 Å². The standard InChI is InChI=1S/C54H88N2.2C2H5.Ni/c1-7-11-15-17-19-20-21-22-23-24-25-26-27-28-30-34-38-52-51(37-33-29-18-16-12-8-2)53(49-41-45(5)39-47(43-49)35-31-13-9-3)56(55)54(52)50-42-46(6)40-48(44-50)36-32-14-10-4;2*1-2;/h39-44H,7-38H2,1-6H3;2*1H2,2H3;/q;2*-1;+2. The summed E-state index contributed by atoms with van der Waals surface area (Å²) in [5.41, 5.74) is 25.3. The molecule has 0 unspecified atom stereocenters. The summed E-state index contributed by atoms with van der Waals surface area (Å²) in [6, 6.07) is 14.2. The normalized spacial score (nSPS) is 12.3. The first-order chi connectivity index (χ1) is 29.4. The number of hydrogen-bond donors (Lipinski definition) is 0. The minimum Gasteiger partial charge on any atom is -0.493 e. The van der Waals surface area contributed by atoms with Gasteiger partial charge in [0, 0.05) is 22.3 Å². The van der Waals surface area contributed by atoms with Gasteiger partial charge in [-0.15, -0.1) is 0 Å². The van der Waals surface area contributed by atoms with Crippen molar-refractivity contribution in [1.29, 1.82) is 0 Å². The summed E-state index contributed by atoms with van der Waals surface area (Å²) in [6.45, 7) is 23.7. The maximum atomic E-state index is 12.5. The molecule has 2 aromatic carbocycles. The monoisotopic (exact) mass is 881 g/mol. The zero-order valence-corrected chi connectivity index (χ0v) is 42.7. The van der Waals surface area contributed by atoms with Gasteiger partial charge in [0.2, 0.25) is 11.4 Å². The van der Waals surface area contributed by atoms with Crippen LogP contribution in [-0.4, -0.2) is 4.70 Å². The van der Waals surface area contributed by atoms with Gasteiger partial charge in [-0.25, -0.2) is 4.70 Å². The van der Waals surface area contributed by atoms with Crippen molar-refractivity contribution < 1.29 is 21.2 Å². The molecule has 0 saturated carbocycles. The first kappa shape index (κ1) is 59.0. The van der Waals surface area contributed by atoms with Gasteiger partial charge in [0.1, 0.15) is 0 Å². The Morgan fingerprint density at radius 1 is 0.361 bits per heavy atom. The van der Waals surface area contributed by atoms with E-state index in [0.717, 1.165) is 37.1 Å². The first-order valence-corrected chi connectivity index (χ1v) is 26.0. The van der Waals surface area contributed by atoms with Crippen LogP contribution in [-0.2, 0) is 29.3 Å². The molecule has 2 nitrogen and oxygen atoms in total. The predicted octanol–water partition coefficient (Wildman–Crippen LogP) is 20.0. The molecule has 0 saturated heterocycles. The van der Waals surface area contributed by atoms with E-state index in [1.54, 1.807) is 18.5 Å². The second-order valence-electron chi connectivity index (χ2n) is 17.9. The molecule has 61 heavy (non-hydrogen) atoms. The van der Waals surface area contributed by atoms with Crippen LogP contribution < -0.4 is 0 Å². The molecule has 0 N–H and O–H groups in total. The molecule has 350 valence electrons. The molecule has 0 atom stereocenters. The van der Waals surface area contributed by atoms with E-state index in [4.69, 9.17) is 0 Å². The molecule has 0 amide bonds. The molecule has 0 radical (unpaired) electrons. The Bertz CT molecular complexity index is 1450. The molecule has 0 fully saturated rings. The number of rotatable bonds is 34. The zero-order valence-electron chi connectivity index (χ0n) is 41.7. The smallest absolute Gasteiger partial charge is 0.493 e. The number of benzene rings is 2. The van der Waals surface area contributed by atoms with Gasteiger partial charge in [-0.05, 0) is 101 Å². The SMILES string of the molecule is CCCCCCCCCCCCCCCCCCC1=C(c2cc(C)cc(CCCCC)c2)[N+](=[N-])C(c2cc(C)cc(CCCCC)c2)=C1CCCCCCCC.[CH2-]C.[CH2-]C.[Ni+2]. The van der Waals surface area contributed by atoms with Crippen molar-refractivity contribution in [2.24, 2.45) is 0 Å². The summed E-state index contributed by atoms with van der Waals surface area (Å²) in [7, 11) is 0. The molecule has 3 rings (SSSR count). The van der Waals surface area contributed by atoms with Crippen LogP contribution in [0.1, 0.15) is 268 Å². The van der Waals surface area contributed by atoms with Crippen LogP contribution >= 0.6 is 0 Å². The number of hydrogen-bond acceptors (Lipinski definition) is 0. The Labute approximate surface area is 391 Å². The Morgan fingerprint density at radius 2 is 0.607 bits per heavy atom. The number of aryl methyl sites for hydroxylation is 4. The second kappa shape index (κ2) is 39.6. The van der Waals surface area contributed by atoms with Crippen LogP contribution in [0.5, 0.6) is 0 Å². The Morgan fingerprint density at radius 3 is 0.902 bits per heavy atom. The Hall–Kier alpha value is -1.99. The largest absolute Gasteiger partial charge is 2.00 e. The van der Waals surface area contributed by atoms with Gasteiger partial charge in [0.25, 0.3) is 0 Å². The van der Waals surface area contributed by atoms with Gasteiger partial charge in [-0.1, -0.05) is 205 Å². The van der Waals surface area contributed by atoms with E-state index >= 15 is 0 Å². The van der Waals surface area contributed by atoms with Crippen molar-refractivity contribution >= 4 is 11.4 Å². The van der Waals surface area contributed by atoms with Crippen LogP contribution in [0, 0.1) is 27.7 Å². The maximum Gasteiger partial charge on any atom is 2.00 e. The number of allylic oxidation sites excluding steroid dienone is 2. The summed E-state index contributed by atoms with van der Waals surface area (Å²) in [5, 5.41) is 0. The average molecular weight is 882 g/mol. The second-order valence-corrected chi connectivity index (χ2v) is 17.9. The van der Waals surface area contributed by atoms with E-state index < -0.39 is 0 Å². The van der Waals surface area contributed by atoms with E-state index in [2.05, 4.69) is 91.8 Å². The quantitative estimate of drug-likeness (QED) is 0.0290. The summed E-state index contributed by atoms with van der Waals surface area (Å²) >= 11 is 0. The Balaban J connectivity index is 0.00000698. The van der Waals surface area contributed by atoms with Crippen LogP contribution in [0.3, 0.4) is 0 Å². The predicted molar refractivity (Wildman–Crippen MR) is 270 cm³/mol. The molecule has 0 aliphatic carbocycles. The summed E-state index contributed by atoms with van der Waals surface area (Å²) in [5.74, 6) is 0. The maximum absolute atomic E-state index is 12.5. The molecule has 1 aliphatic heterocycles. The van der Waals surface area contributed by atoms with Crippen molar-refractivity contribution in [3.63, 3.8) is 0 Å². The van der Waals surface area contributed by atoms with Crippen LogP contribution in [0.25, 0.3) is 16.9 Å². The van der Waals surface area contributed by atoms with Crippen molar-refractivity contribution in [2.75, 3.05) is 0 Å². The Kier molecular flexibility index (Phi) is 38.3. The summed E-state index contributed by atoms with van der Waals surface area (Å²) in [4.78, 5) is 0. The van der Waals surface area contributed by atoms with Crippen LogP contribution in [0.4, 0.5) is 0 Å². The molecular formula is C58H98N2Ni. The fraction of sp³-hybridized carbons (Fsp3) is 0.690. The third-order valence-corrected chi connectivity index (χ3v) is 12.4. The molecule has 0 bridgehead atoms. The third-order valence-electron chi connectivity index (χ3n) is 12.4. The molecule has 2 aromatic rings. The zero-order chi connectivity index (χ0) is 44.2. The number of unbranched alkanes of at least 4 members (excludes halogenated alkanes) is 24. The van der Waals surface area contributed by atoms with Gasteiger partial charge in [-0.3, -0.25) is 0 Å². The average Bonchev–Trinajstić information content (AvgIpc) is 3.53. The third kappa shape index (κ3) is 24.6. The molecule has 0 spiro atoms. The van der Waals surface area contributed by atoms with E-state index in [1.807, 2.05) is 0 Å². The molecule has 3 heteroatoms. The molecule has 1 aliphatic rings. The minimum atomic E-state index is 0. The first-order valence-electron chi connectivity index (χ1n) is 26.0. The van der Waals surface area contributed by atoms with Gasteiger partial charge in [-0.2, -0.15) is 13.8 Å². The summed E-state index contributed by atoms with van der Waals surface area (Å²) in [6.07, 6.45) is 41.8. The van der Waals surface area contributed by atoms with E-state index in [-0.39, 0.29) is 16.5 Å². The van der Waals surface area contributed by atoms with Gasteiger partial charge in [0.15, 0.2) is 0 Å². The van der Waals surface area contributed by atoms with Crippen LogP contribution in [0.2, 0.25) is 0 Å². The summed E-state index contributed by atoms with van der Waals surface area (Å²) < 4.78 is 1.66. The number of nitrogens with zero attached hydrogens (tertiary/aromatic N) is 2. The topological polar surface area (TPSA) is 25.3 Å². The van der Waals surface area contributed by atoms with Gasteiger partial charge >= 0.3 is 16.5 Å². The van der Waals surface area contributed by atoms with Crippen molar-refractivity contribution in [1.82, 2.24) is 0 Å². The molecular weight excluding hydrogens is 783 g/mol. The molecule has 1 heterocycles. The van der Waals surface area contributed by atoms with E-state index in [0.29, 0.717) is 0 Å². The van der Waals surface area contributed by atoms with Gasteiger partial charge < -0.3 is 19.4 Å². The van der Waals surface area contributed by atoms with Crippen LogP contribution in [0.15, 0.2) is 47.5 Å². The molecule has 0 aromatic heterocycles. The fourth-order valence-electron chi connectivity index (χ4n) is 9.16. The van der Waals surface area contributed by atoms with Crippen molar-refractivity contribution in [3.8, 4) is 0 Å². The van der Waals surface area contributed by atoms with E-state index in [9.17, 15) is 5.53 Å². The van der Waals surface area contributed by atoms with Crippen molar-refractivity contribution in [2.45, 2.75) is 261 Å². The van der Waals surface area contributed by atoms with E-state index in [1.165, 1.54) is 224 Å². The van der Waals surface area contributed by atoms with Crippen molar-refractivity contribution in [3.05, 3.63) is 100 Å². The fourth-order valence-corrected chi connectivity index (χ4v) is 9.16.